The Kier molecular flexibility index (Phi) is 5.85. The highest BCUT2D eigenvalue weighted by Crippen LogP contribution is 2.32. The largest absolute Gasteiger partial charge is 0.495 e. The van der Waals surface area contributed by atoms with E-state index in [0.717, 1.165) is 37.2 Å². The van der Waals surface area contributed by atoms with Crippen molar-refractivity contribution in [3.63, 3.8) is 0 Å². The number of hydrogen-bond donors (Lipinski definition) is 1. The van der Waals surface area contributed by atoms with E-state index in [-0.39, 0.29) is 5.91 Å². The number of halogens is 1. The van der Waals surface area contributed by atoms with E-state index in [1.54, 1.807) is 19.2 Å². The van der Waals surface area contributed by atoms with Gasteiger partial charge in [0.05, 0.1) is 12.8 Å². The number of anilines is 2. The van der Waals surface area contributed by atoms with Gasteiger partial charge in [0, 0.05) is 29.9 Å². The third-order valence-electron chi connectivity index (χ3n) is 4.87. The number of ether oxygens (including phenoxy) is 1. The maximum atomic E-state index is 12.9. The van der Waals surface area contributed by atoms with E-state index in [9.17, 15) is 4.79 Å². The minimum absolute atomic E-state index is 0.0466. The maximum absolute atomic E-state index is 12.9. The predicted molar refractivity (Wildman–Crippen MR) is 107 cm³/mol. The predicted octanol–water partition coefficient (Wildman–Crippen LogP) is 4.37. The summed E-state index contributed by atoms with van der Waals surface area (Å²) < 4.78 is 5.39. The molecule has 0 aliphatic carbocycles. The van der Waals surface area contributed by atoms with Gasteiger partial charge in [-0.15, -0.1) is 0 Å². The molecule has 1 saturated heterocycles. The molecule has 27 heavy (non-hydrogen) atoms. The molecule has 1 aromatic heterocycles. The molecule has 7 heteroatoms. The van der Waals surface area contributed by atoms with Gasteiger partial charge in [0.25, 0.3) is 5.91 Å². The van der Waals surface area contributed by atoms with Crippen molar-refractivity contribution in [2.45, 2.75) is 33.6 Å². The average Bonchev–Trinajstić information content (AvgIpc) is 2.64. The minimum atomic E-state index is -0.0466. The zero-order valence-corrected chi connectivity index (χ0v) is 16.9. The normalized spacial score (nSPS) is 14.9. The Bertz CT molecular complexity index is 848. The van der Waals surface area contributed by atoms with Crippen LogP contribution in [0.15, 0.2) is 18.2 Å². The highest BCUT2D eigenvalue weighted by atomic mass is 35.5. The highest BCUT2D eigenvalue weighted by molar-refractivity contribution is 6.31. The van der Waals surface area contributed by atoms with E-state index in [4.69, 9.17) is 16.3 Å². The van der Waals surface area contributed by atoms with Gasteiger partial charge in [0.15, 0.2) is 0 Å². The van der Waals surface area contributed by atoms with Gasteiger partial charge < -0.3 is 15.0 Å². The summed E-state index contributed by atoms with van der Waals surface area (Å²) in [5.74, 6) is 1.58. The van der Waals surface area contributed by atoms with Crippen LogP contribution >= 0.6 is 11.6 Å². The molecule has 3 rings (SSSR count). The van der Waals surface area contributed by atoms with Crippen LogP contribution in [0.1, 0.15) is 41.5 Å². The second-order valence-electron chi connectivity index (χ2n) is 7.12. The van der Waals surface area contributed by atoms with E-state index in [0.29, 0.717) is 34.0 Å². The first-order chi connectivity index (χ1) is 12.9. The number of methoxy groups -OCH3 is 1. The molecule has 1 aliphatic heterocycles. The van der Waals surface area contributed by atoms with Gasteiger partial charge in [-0.3, -0.25) is 4.79 Å². The molecule has 1 aliphatic rings. The number of amides is 1. The van der Waals surface area contributed by atoms with E-state index < -0.39 is 0 Å². The van der Waals surface area contributed by atoms with E-state index in [1.165, 1.54) is 0 Å². The number of aromatic nitrogens is 2. The molecule has 0 spiro atoms. The number of nitrogens with zero attached hydrogens (tertiary/aromatic N) is 3. The van der Waals surface area contributed by atoms with Gasteiger partial charge in [-0.1, -0.05) is 18.5 Å². The van der Waals surface area contributed by atoms with Crippen molar-refractivity contribution >= 4 is 29.1 Å². The monoisotopic (exact) mass is 388 g/mol. The van der Waals surface area contributed by atoms with Gasteiger partial charge in [-0.2, -0.15) is 0 Å². The van der Waals surface area contributed by atoms with Gasteiger partial charge >= 0.3 is 0 Å². The number of carbonyl (C=O) groups excluding carboxylic acids is 1. The number of rotatable bonds is 4. The van der Waals surface area contributed by atoms with Crippen LogP contribution in [0.4, 0.5) is 11.6 Å². The number of nitrogens with one attached hydrogen (secondary N) is 1. The van der Waals surface area contributed by atoms with Crippen molar-refractivity contribution in [2.75, 3.05) is 25.5 Å². The molecule has 0 saturated carbocycles. The first-order valence-corrected chi connectivity index (χ1v) is 9.51. The Balaban J connectivity index is 1.86. The fourth-order valence-corrected chi connectivity index (χ4v) is 3.31. The fourth-order valence-electron chi connectivity index (χ4n) is 3.16. The Morgan fingerprint density at radius 3 is 2.59 bits per heavy atom. The number of hydrogen-bond acceptors (Lipinski definition) is 5. The van der Waals surface area contributed by atoms with Crippen LogP contribution in [0.5, 0.6) is 5.75 Å². The van der Waals surface area contributed by atoms with Crippen LogP contribution in [0.25, 0.3) is 0 Å². The lowest BCUT2D eigenvalue weighted by atomic mass is 9.99. The molecule has 2 heterocycles. The van der Waals surface area contributed by atoms with Crippen molar-refractivity contribution in [3.05, 3.63) is 40.2 Å². The van der Waals surface area contributed by atoms with Crippen LogP contribution in [0.3, 0.4) is 0 Å². The molecule has 0 bridgehead atoms. The molecule has 144 valence electrons. The number of aryl methyl sites for hydroxylation is 2. The highest BCUT2D eigenvalue weighted by Gasteiger charge is 2.23. The maximum Gasteiger partial charge on any atom is 0.272 e. The smallest absolute Gasteiger partial charge is 0.272 e. The molecule has 1 N–H and O–H groups in total. The third kappa shape index (κ3) is 4.50. The van der Waals surface area contributed by atoms with Crippen LogP contribution in [-0.4, -0.2) is 41.0 Å². The second kappa shape index (κ2) is 8.13. The lowest BCUT2D eigenvalue weighted by Gasteiger charge is -2.30. The molecule has 0 radical (unpaired) electrons. The quantitative estimate of drug-likeness (QED) is 0.842. The number of carbonyl (C=O) groups is 1. The second-order valence-corrected chi connectivity index (χ2v) is 7.53. The molecule has 1 aromatic carbocycles. The van der Waals surface area contributed by atoms with Crippen molar-refractivity contribution in [2.24, 2.45) is 5.92 Å². The number of likely N-dealkylation sites (tertiary alicyclic amines) is 1. The van der Waals surface area contributed by atoms with Gasteiger partial charge in [-0.05, 0) is 50.3 Å². The first-order valence-electron chi connectivity index (χ1n) is 9.13. The van der Waals surface area contributed by atoms with Gasteiger partial charge in [0.2, 0.25) is 5.95 Å². The average molecular weight is 389 g/mol. The first kappa shape index (κ1) is 19.4. The molecule has 0 atom stereocenters. The Hall–Kier alpha value is -2.34. The zero-order valence-electron chi connectivity index (χ0n) is 16.2. The summed E-state index contributed by atoms with van der Waals surface area (Å²) in [5, 5.41) is 3.78. The Morgan fingerprint density at radius 1 is 1.22 bits per heavy atom. The lowest BCUT2D eigenvalue weighted by molar-refractivity contribution is 0.0691. The summed E-state index contributed by atoms with van der Waals surface area (Å²) in [6.45, 7) is 7.54. The van der Waals surface area contributed by atoms with E-state index >= 15 is 0 Å². The van der Waals surface area contributed by atoms with Gasteiger partial charge in [-0.25, -0.2) is 9.97 Å². The molecule has 0 unspecified atom stereocenters. The van der Waals surface area contributed by atoms with Gasteiger partial charge in [0.1, 0.15) is 11.4 Å². The standard InChI is InChI=1S/C20H25ClN4O2/c1-12-5-7-25(8-6-12)19(26)17-10-14(3)22-20(24-17)23-16-9-13(2)15(21)11-18(16)27-4/h9-12H,5-8H2,1-4H3,(H,22,23,24). The Morgan fingerprint density at radius 2 is 1.93 bits per heavy atom. The van der Waals surface area contributed by atoms with Crippen molar-refractivity contribution in [1.29, 1.82) is 0 Å². The third-order valence-corrected chi connectivity index (χ3v) is 5.28. The molecule has 6 nitrogen and oxygen atoms in total. The molecule has 2 aromatic rings. The summed E-state index contributed by atoms with van der Waals surface area (Å²) in [5.41, 5.74) is 2.75. The Labute approximate surface area is 164 Å². The molecule has 1 fully saturated rings. The summed E-state index contributed by atoms with van der Waals surface area (Å²) in [6, 6.07) is 5.35. The number of piperidine rings is 1. The molecular weight excluding hydrogens is 364 g/mol. The van der Waals surface area contributed by atoms with Crippen molar-refractivity contribution < 1.29 is 9.53 Å². The topological polar surface area (TPSA) is 67.3 Å². The minimum Gasteiger partial charge on any atom is -0.495 e. The van der Waals surface area contributed by atoms with Crippen LogP contribution < -0.4 is 10.1 Å². The fraction of sp³-hybridized carbons (Fsp3) is 0.450. The summed E-state index contributed by atoms with van der Waals surface area (Å²) in [4.78, 5) is 23.6. The van der Waals surface area contributed by atoms with Crippen LogP contribution in [0, 0.1) is 19.8 Å². The summed E-state index contributed by atoms with van der Waals surface area (Å²) in [7, 11) is 1.58. The zero-order chi connectivity index (χ0) is 19.6. The van der Waals surface area contributed by atoms with Crippen LogP contribution in [-0.2, 0) is 0 Å². The number of benzene rings is 1. The van der Waals surface area contributed by atoms with Crippen LogP contribution in [0.2, 0.25) is 5.02 Å². The SMILES string of the molecule is COc1cc(Cl)c(C)cc1Nc1nc(C)cc(C(=O)N2CCC(C)CC2)n1. The van der Waals surface area contributed by atoms with E-state index in [2.05, 4.69) is 22.2 Å². The lowest BCUT2D eigenvalue weighted by Crippen LogP contribution is -2.38. The van der Waals surface area contributed by atoms with Crippen molar-refractivity contribution in [3.8, 4) is 5.75 Å². The van der Waals surface area contributed by atoms with E-state index in [1.807, 2.05) is 24.8 Å². The molecular formula is C20H25ClN4O2. The summed E-state index contributed by atoms with van der Waals surface area (Å²) >= 11 is 6.17. The molecule has 1 amide bonds. The summed E-state index contributed by atoms with van der Waals surface area (Å²) in [6.07, 6.45) is 2.06. The van der Waals surface area contributed by atoms with Crippen molar-refractivity contribution in [1.82, 2.24) is 14.9 Å².